The SMILES string of the molecule is O=C(O)Oc1nsc2cc(-c3ccc(OCc4c(-c5c(Cl)cccc5Cl)noc4C4CC4)cc3)ccc12. The maximum Gasteiger partial charge on any atom is 0.512 e. The van der Waals surface area contributed by atoms with Crippen LogP contribution in [0.1, 0.15) is 30.1 Å². The Bertz CT molecular complexity index is 1610. The van der Waals surface area contributed by atoms with E-state index in [0.717, 1.165) is 40.0 Å². The molecule has 0 atom stereocenters. The van der Waals surface area contributed by atoms with Crippen LogP contribution in [0, 0.1) is 0 Å². The van der Waals surface area contributed by atoms with Crippen LogP contribution < -0.4 is 9.47 Å². The van der Waals surface area contributed by atoms with Gasteiger partial charge in [0.2, 0.25) is 5.88 Å². The molecule has 6 rings (SSSR count). The summed E-state index contributed by atoms with van der Waals surface area (Å²) in [6.45, 7) is 0.269. The number of benzene rings is 3. The smallest absolute Gasteiger partial charge is 0.489 e. The van der Waals surface area contributed by atoms with E-state index in [0.29, 0.717) is 38.4 Å². The number of aromatic nitrogens is 2. The summed E-state index contributed by atoms with van der Waals surface area (Å²) in [4.78, 5) is 10.8. The summed E-state index contributed by atoms with van der Waals surface area (Å²) in [6, 6.07) is 18.8. The summed E-state index contributed by atoms with van der Waals surface area (Å²) < 4.78 is 21.5. The third kappa shape index (κ3) is 4.75. The summed E-state index contributed by atoms with van der Waals surface area (Å²) in [5.74, 6) is 1.96. The topological polar surface area (TPSA) is 94.7 Å². The summed E-state index contributed by atoms with van der Waals surface area (Å²) in [5.41, 5.74) is 4.06. The minimum Gasteiger partial charge on any atom is -0.489 e. The van der Waals surface area contributed by atoms with Crippen molar-refractivity contribution in [3.63, 3.8) is 0 Å². The number of rotatable bonds is 7. The van der Waals surface area contributed by atoms with Crippen LogP contribution in [0.4, 0.5) is 4.79 Å². The van der Waals surface area contributed by atoms with Crippen molar-refractivity contribution < 1.29 is 23.9 Å². The van der Waals surface area contributed by atoms with Gasteiger partial charge in [-0.1, -0.05) is 52.6 Å². The zero-order chi connectivity index (χ0) is 25.5. The lowest BCUT2D eigenvalue weighted by Crippen LogP contribution is -2.02. The third-order valence-electron chi connectivity index (χ3n) is 6.16. The largest absolute Gasteiger partial charge is 0.512 e. The fraction of sp³-hybridized carbons (Fsp3) is 0.148. The summed E-state index contributed by atoms with van der Waals surface area (Å²) in [7, 11) is 0. The molecular formula is C27H18Cl2N2O5S. The normalized spacial score (nSPS) is 13.1. The zero-order valence-corrected chi connectivity index (χ0v) is 21.4. The molecule has 1 N–H and O–H groups in total. The van der Waals surface area contributed by atoms with Crippen LogP contribution in [0.25, 0.3) is 32.5 Å². The number of carboxylic acid groups (broad SMARTS) is 1. The molecule has 0 spiro atoms. The number of nitrogens with zero attached hydrogens (tertiary/aromatic N) is 2. The Labute approximate surface area is 225 Å². The Balaban J connectivity index is 1.23. The second-order valence-electron chi connectivity index (χ2n) is 8.62. The minimum atomic E-state index is -1.38. The van der Waals surface area contributed by atoms with Gasteiger partial charge in [0.05, 0.1) is 25.7 Å². The number of carbonyl (C=O) groups is 1. The number of ether oxygens (including phenoxy) is 2. The number of fused-ring (bicyclic) bond motifs is 1. The average Bonchev–Trinajstić information content (AvgIpc) is 3.54. The second-order valence-corrected chi connectivity index (χ2v) is 10.2. The molecule has 0 bridgehead atoms. The van der Waals surface area contributed by atoms with Crippen molar-refractivity contribution in [3.05, 3.63) is 82.0 Å². The van der Waals surface area contributed by atoms with E-state index in [1.807, 2.05) is 42.5 Å². The highest BCUT2D eigenvalue weighted by atomic mass is 35.5. The zero-order valence-electron chi connectivity index (χ0n) is 19.1. The van der Waals surface area contributed by atoms with Crippen LogP contribution in [0.3, 0.4) is 0 Å². The molecule has 10 heteroatoms. The van der Waals surface area contributed by atoms with Crippen LogP contribution in [-0.4, -0.2) is 20.8 Å². The van der Waals surface area contributed by atoms with E-state index < -0.39 is 6.16 Å². The molecule has 1 fully saturated rings. The van der Waals surface area contributed by atoms with Crippen molar-refractivity contribution in [1.29, 1.82) is 0 Å². The highest BCUT2D eigenvalue weighted by Gasteiger charge is 2.33. The van der Waals surface area contributed by atoms with E-state index >= 15 is 0 Å². The molecule has 2 aromatic heterocycles. The molecule has 0 amide bonds. The Morgan fingerprint density at radius 3 is 2.49 bits per heavy atom. The molecule has 37 heavy (non-hydrogen) atoms. The van der Waals surface area contributed by atoms with E-state index in [9.17, 15) is 4.79 Å². The fourth-order valence-electron chi connectivity index (χ4n) is 4.20. The van der Waals surface area contributed by atoms with Gasteiger partial charge in [-0.2, -0.15) is 4.37 Å². The molecule has 1 saturated carbocycles. The van der Waals surface area contributed by atoms with Crippen molar-refractivity contribution in [3.8, 4) is 34.0 Å². The minimum absolute atomic E-state index is 0.0968. The van der Waals surface area contributed by atoms with E-state index in [-0.39, 0.29) is 12.5 Å². The Morgan fingerprint density at radius 1 is 1.05 bits per heavy atom. The molecule has 0 saturated heterocycles. The van der Waals surface area contributed by atoms with Gasteiger partial charge in [-0.3, -0.25) is 0 Å². The first-order valence-corrected chi connectivity index (χ1v) is 13.0. The first kappa shape index (κ1) is 23.8. The molecule has 1 aliphatic carbocycles. The monoisotopic (exact) mass is 552 g/mol. The van der Waals surface area contributed by atoms with Gasteiger partial charge in [0.1, 0.15) is 23.8 Å². The first-order chi connectivity index (χ1) is 18.0. The highest BCUT2D eigenvalue weighted by Crippen LogP contribution is 2.46. The Morgan fingerprint density at radius 2 is 1.78 bits per heavy atom. The summed E-state index contributed by atoms with van der Waals surface area (Å²) in [5, 5.41) is 14.8. The molecule has 0 unspecified atom stereocenters. The number of hydrogen-bond donors (Lipinski definition) is 1. The van der Waals surface area contributed by atoms with Crippen LogP contribution in [0.15, 0.2) is 65.2 Å². The molecule has 0 aliphatic heterocycles. The number of hydrogen-bond acceptors (Lipinski definition) is 7. The van der Waals surface area contributed by atoms with Gasteiger partial charge in [-0.15, -0.1) is 0 Å². The van der Waals surface area contributed by atoms with Gasteiger partial charge >= 0.3 is 6.16 Å². The molecule has 3 aromatic carbocycles. The lowest BCUT2D eigenvalue weighted by molar-refractivity contribution is 0.143. The van der Waals surface area contributed by atoms with Crippen LogP contribution in [0.5, 0.6) is 11.6 Å². The second kappa shape index (κ2) is 9.70. The van der Waals surface area contributed by atoms with Gasteiger partial charge in [0.15, 0.2) is 0 Å². The lowest BCUT2D eigenvalue weighted by atomic mass is 10.0. The Kier molecular flexibility index (Phi) is 6.24. The average molecular weight is 553 g/mol. The first-order valence-electron chi connectivity index (χ1n) is 11.4. The Hall–Kier alpha value is -3.59. The van der Waals surface area contributed by atoms with Crippen molar-refractivity contribution >= 4 is 51.0 Å². The molecular weight excluding hydrogens is 535 g/mol. The van der Waals surface area contributed by atoms with Gasteiger partial charge in [-0.25, -0.2) is 4.79 Å². The van der Waals surface area contributed by atoms with Gasteiger partial charge in [0, 0.05) is 11.5 Å². The van der Waals surface area contributed by atoms with Gasteiger partial charge in [0.25, 0.3) is 0 Å². The highest BCUT2D eigenvalue weighted by molar-refractivity contribution is 7.13. The lowest BCUT2D eigenvalue weighted by Gasteiger charge is -2.10. The predicted molar refractivity (Wildman–Crippen MR) is 142 cm³/mol. The van der Waals surface area contributed by atoms with Crippen molar-refractivity contribution in [2.75, 3.05) is 0 Å². The van der Waals surface area contributed by atoms with E-state index in [1.165, 1.54) is 11.5 Å². The molecule has 186 valence electrons. The van der Waals surface area contributed by atoms with Crippen LogP contribution in [0.2, 0.25) is 10.0 Å². The van der Waals surface area contributed by atoms with E-state index in [2.05, 4.69) is 9.53 Å². The number of halogens is 2. The van der Waals surface area contributed by atoms with Crippen molar-refractivity contribution in [2.45, 2.75) is 25.4 Å². The molecule has 7 nitrogen and oxygen atoms in total. The van der Waals surface area contributed by atoms with Crippen molar-refractivity contribution in [1.82, 2.24) is 9.53 Å². The maximum absolute atomic E-state index is 10.8. The summed E-state index contributed by atoms with van der Waals surface area (Å²) >= 11 is 14.1. The molecule has 2 heterocycles. The molecule has 0 radical (unpaired) electrons. The van der Waals surface area contributed by atoms with E-state index in [4.69, 9.17) is 42.3 Å². The van der Waals surface area contributed by atoms with Gasteiger partial charge in [-0.05, 0) is 71.9 Å². The van der Waals surface area contributed by atoms with Gasteiger partial charge < -0.3 is 19.1 Å². The van der Waals surface area contributed by atoms with Crippen LogP contribution in [-0.2, 0) is 6.61 Å². The predicted octanol–water partition coefficient (Wildman–Crippen LogP) is 8.44. The van der Waals surface area contributed by atoms with Crippen LogP contribution >= 0.6 is 34.7 Å². The fourth-order valence-corrected chi connectivity index (χ4v) is 5.52. The maximum atomic E-state index is 10.8. The summed E-state index contributed by atoms with van der Waals surface area (Å²) in [6.07, 6.45) is 0.728. The van der Waals surface area contributed by atoms with Crippen molar-refractivity contribution in [2.24, 2.45) is 0 Å². The standard InChI is InChI=1S/C27H18Cl2N2O5S/c28-20-2-1-3-21(29)23(20)24-19(25(36-30-24)15-4-5-15)13-34-17-9-6-14(7-10-17)16-8-11-18-22(12-16)37-31-26(18)35-27(32)33/h1-3,6-12,15H,4-5,13H2,(H,32,33). The third-order valence-corrected chi connectivity index (χ3v) is 7.58. The molecule has 1 aliphatic rings. The molecule has 5 aromatic rings. The van der Waals surface area contributed by atoms with E-state index in [1.54, 1.807) is 18.2 Å². The quantitative estimate of drug-likeness (QED) is 0.202.